The molecular weight excluding hydrogens is 308 g/mol. The highest BCUT2D eigenvalue weighted by Crippen LogP contribution is 2.21. The molecule has 134 valence electrons. The van der Waals surface area contributed by atoms with Crippen LogP contribution in [0.15, 0.2) is 42.7 Å². The summed E-state index contributed by atoms with van der Waals surface area (Å²) in [6.45, 7) is 6.43. The minimum Gasteiger partial charge on any atom is -0.377 e. The summed E-state index contributed by atoms with van der Waals surface area (Å²) >= 11 is 0. The molecule has 3 rings (SSSR count). The molecule has 4 heteroatoms. The lowest BCUT2D eigenvalue weighted by atomic mass is 10.0. The number of hydrogen-bond donors (Lipinski definition) is 1. The average Bonchev–Trinajstić information content (AvgIpc) is 2.62. The summed E-state index contributed by atoms with van der Waals surface area (Å²) in [5.74, 6) is 0. The molecule has 0 aliphatic carbocycles. The van der Waals surface area contributed by atoms with Gasteiger partial charge in [0, 0.05) is 51.3 Å². The number of anilines is 1. The van der Waals surface area contributed by atoms with Gasteiger partial charge in [-0.25, -0.2) is 0 Å². The molecular formula is C21H30N4. The van der Waals surface area contributed by atoms with E-state index in [4.69, 9.17) is 0 Å². The fraction of sp³-hybridized carbons (Fsp3) is 0.476. The van der Waals surface area contributed by atoms with Crippen molar-refractivity contribution in [2.45, 2.75) is 38.9 Å². The summed E-state index contributed by atoms with van der Waals surface area (Å²) in [7, 11) is 4.24. The predicted molar refractivity (Wildman–Crippen MR) is 105 cm³/mol. The van der Waals surface area contributed by atoms with Crippen molar-refractivity contribution >= 4 is 5.69 Å². The van der Waals surface area contributed by atoms with Crippen molar-refractivity contribution in [2.24, 2.45) is 0 Å². The molecule has 1 aromatic heterocycles. The maximum atomic E-state index is 4.21. The monoisotopic (exact) mass is 338 g/mol. The van der Waals surface area contributed by atoms with E-state index in [0.717, 1.165) is 26.2 Å². The number of benzene rings is 1. The van der Waals surface area contributed by atoms with Crippen LogP contribution in [0, 0.1) is 6.92 Å². The Kier molecular flexibility index (Phi) is 6.05. The van der Waals surface area contributed by atoms with E-state index in [1.165, 1.54) is 35.2 Å². The van der Waals surface area contributed by atoms with Gasteiger partial charge in [0.15, 0.2) is 0 Å². The molecule has 25 heavy (non-hydrogen) atoms. The van der Waals surface area contributed by atoms with Crippen LogP contribution in [0.4, 0.5) is 5.69 Å². The number of hydrogen-bond acceptors (Lipinski definition) is 4. The minimum absolute atomic E-state index is 0.612. The normalized spacial score (nSPS) is 16.1. The molecule has 0 amide bonds. The number of aryl methyl sites for hydroxylation is 1. The quantitative estimate of drug-likeness (QED) is 0.876. The highest BCUT2D eigenvalue weighted by atomic mass is 15.1. The van der Waals surface area contributed by atoms with E-state index < -0.39 is 0 Å². The van der Waals surface area contributed by atoms with Crippen LogP contribution in [0.3, 0.4) is 0 Å². The van der Waals surface area contributed by atoms with Crippen LogP contribution in [-0.2, 0) is 13.1 Å². The Morgan fingerprint density at radius 3 is 2.68 bits per heavy atom. The number of nitrogens with zero attached hydrogens (tertiary/aromatic N) is 3. The van der Waals surface area contributed by atoms with Gasteiger partial charge >= 0.3 is 0 Å². The molecule has 0 spiro atoms. The number of piperidine rings is 1. The van der Waals surface area contributed by atoms with Gasteiger partial charge in [0.1, 0.15) is 0 Å². The van der Waals surface area contributed by atoms with Crippen molar-refractivity contribution in [3.63, 3.8) is 0 Å². The molecule has 0 saturated carbocycles. The zero-order chi connectivity index (χ0) is 17.6. The Labute approximate surface area is 151 Å². The summed E-state index contributed by atoms with van der Waals surface area (Å²) in [4.78, 5) is 8.96. The molecule has 1 N–H and O–H groups in total. The van der Waals surface area contributed by atoms with E-state index in [1.807, 2.05) is 18.5 Å². The first-order valence-electron chi connectivity index (χ1n) is 9.23. The highest BCUT2D eigenvalue weighted by Gasteiger charge is 2.19. The third-order valence-corrected chi connectivity index (χ3v) is 5.02. The first-order valence-corrected chi connectivity index (χ1v) is 9.23. The number of likely N-dealkylation sites (tertiary alicyclic amines) is 1. The fourth-order valence-electron chi connectivity index (χ4n) is 3.54. The van der Waals surface area contributed by atoms with Crippen LogP contribution in [0.1, 0.15) is 29.5 Å². The molecule has 4 nitrogen and oxygen atoms in total. The summed E-state index contributed by atoms with van der Waals surface area (Å²) in [5.41, 5.74) is 5.33. The molecule has 0 radical (unpaired) electrons. The van der Waals surface area contributed by atoms with Gasteiger partial charge in [-0.2, -0.15) is 0 Å². The number of aromatic nitrogens is 1. The van der Waals surface area contributed by atoms with Crippen LogP contribution in [-0.4, -0.2) is 43.1 Å². The van der Waals surface area contributed by atoms with Crippen molar-refractivity contribution in [2.75, 3.05) is 32.1 Å². The van der Waals surface area contributed by atoms with Gasteiger partial charge in [-0.3, -0.25) is 9.88 Å². The smallest absolute Gasteiger partial charge is 0.0409 e. The van der Waals surface area contributed by atoms with Crippen LogP contribution < -0.4 is 10.2 Å². The van der Waals surface area contributed by atoms with E-state index in [-0.39, 0.29) is 0 Å². The molecule has 1 aliphatic rings. The summed E-state index contributed by atoms with van der Waals surface area (Å²) in [6, 6.07) is 11.5. The Morgan fingerprint density at radius 1 is 1.20 bits per heavy atom. The average molecular weight is 338 g/mol. The van der Waals surface area contributed by atoms with Gasteiger partial charge in [-0.15, -0.1) is 0 Å². The Balaban J connectivity index is 1.48. The van der Waals surface area contributed by atoms with Gasteiger partial charge in [-0.1, -0.05) is 18.2 Å². The van der Waals surface area contributed by atoms with Crippen molar-refractivity contribution < 1.29 is 0 Å². The zero-order valence-electron chi connectivity index (χ0n) is 15.7. The summed E-state index contributed by atoms with van der Waals surface area (Å²) < 4.78 is 0. The fourth-order valence-corrected chi connectivity index (χ4v) is 3.54. The Hall–Kier alpha value is -1.91. The maximum absolute atomic E-state index is 4.21. The minimum atomic E-state index is 0.612. The molecule has 0 unspecified atom stereocenters. The summed E-state index contributed by atoms with van der Waals surface area (Å²) in [5, 5.41) is 3.77. The third kappa shape index (κ3) is 5.03. The zero-order valence-corrected chi connectivity index (χ0v) is 15.7. The second kappa shape index (κ2) is 8.45. The van der Waals surface area contributed by atoms with Crippen LogP contribution >= 0.6 is 0 Å². The predicted octanol–water partition coefficient (Wildman–Crippen LogP) is 3.21. The van der Waals surface area contributed by atoms with Crippen molar-refractivity contribution in [3.8, 4) is 0 Å². The largest absolute Gasteiger partial charge is 0.377 e. The molecule has 0 atom stereocenters. The van der Waals surface area contributed by atoms with E-state index in [2.05, 4.69) is 65.4 Å². The van der Waals surface area contributed by atoms with Crippen LogP contribution in [0.2, 0.25) is 0 Å². The Bertz CT molecular complexity index is 661. The third-order valence-electron chi connectivity index (χ3n) is 5.02. The Morgan fingerprint density at radius 2 is 2.00 bits per heavy atom. The molecule has 2 aromatic rings. The van der Waals surface area contributed by atoms with E-state index in [1.54, 1.807) is 0 Å². The van der Waals surface area contributed by atoms with Crippen LogP contribution in [0.5, 0.6) is 0 Å². The first kappa shape index (κ1) is 17.9. The molecule has 1 aliphatic heterocycles. The first-order chi connectivity index (χ1) is 12.1. The topological polar surface area (TPSA) is 31.4 Å². The van der Waals surface area contributed by atoms with Gasteiger partial charge in [0.25, 0.3) is 0 Å². The van der Waals surface area contributed by atoms with Crippen molar-refractivity contribution in [1.82, 2.24) is 15.2 Å². The number of pyridine rings is 1. The van der Waals surface area contributed by atoms with Crippen LogP contribution in [0.25, 0.3) is 0 Å². The van der Waals surface area contributed by atoms with Gasteiger partial charge < -0.3 is 10.2 Å². The molecule has 1 fully saturated rings. The van der Waals surface area contributed by atoms with E-state index in [9.17, 15) is 0 Å². The molecule has 1 aromatic carbocycles. The van der Waals surface area contributed by atoms with Crippen molar-refractivity contribution in [1.29, 1.82) is 0 Å². The molecule has 2 heterocycles. The van der Waals surface area contributed by atoms with E-state index in [0.29, 0.717) is 6.04 Å². The van der Waals surface area contributed by atoms with Gasteiger partial charge in [-0.05, 0) is 61.7 Å². The summed E-state index contributed by atoms with van der Waals surface area (Å²) in [6.07, 6.45) is 6.24. The lowest BCUT2D eigenvalue weighted by molar-refractivity contribution is 0.190. The van der Waals surface area contributed by atoms with E-state index >= 15 is 0 Å². The van der Waals surface area contributed by atoms with Gasteiger partial charge in [0.2, 0.25) is 0 Å². The number of nitrogens with one attached hydrogen (secondary N) is 1. The highest BCUT2D eigenvalue weighted by molar-refractivity contribution is 5.54. The second-order valence-corrected chi connectivity index (χ2v) is 7.32. The standard InChI is InChI=1S/C21H30N4/c1-17-6-7-19(21(13-17)24(2)3)15-23-20-8-11-25(12-9-20)16-18-5-4-10-22-14-18/h4-7,10,13-14,20,23H,8-9,11-12,15-16H2,1-3H3. The lowest BCUT2D eigenvalue weighted by Crippen LogP contribution is -2.42. The van der Waals surface area contributed by atoms with Gasteiger partial charge in [0.05, 0.1) is 0 Å². The maximum Gasteiger partial charge on any atom is 0.0409 e. The lowest BCUT2D eigenvalue weighted by Gasteiger charge is -2.32. The SMILES string of the molecule is Cc1ccc(CNC2CCN(Cc3cccnc3)CC2)c(N(C)C)c1. The molecule has 0 bridgehead atoms. The number of rotatable bonds is 6. The molecule has 1 saturated heterocycles. The van der Waals surface area contributed by atoms with Crippen molar-refractivity contribution in [3.05, 3.63) is 59.4 Å². The second-order valence-electron chi connectivity index (χ2n) is 7.32.